The molecule has 3 rings (SSSR count). The molecule has 1 aliphatic rings. The van der Waals surface area contributed by atoms with Crippen LogP contribution in [0.3, 0.4) is 0 Å². The van der Waals surface area contributed by atoms with Gasteiger partial charge in [0.2, 0.25) is 0 Å². The third kappa shape index (κ3) is 3.79. The maximum absolute atomic E-state index is 12.6. The van der Waals surface area contributed by atoms with Crippen molar-refractivity contribution in [2.24, 2.45) is 0 Å². The molecule has 5 nitrogen and oxygen atoms in total. The van der Waals surface area contributed by atoms with Crippen LogP contribution in [0.2, 0.25) is 0 Å². The molecular formula is C18H17F3N2O3. The fraction of sp³-hybridized carbons (Fsp3) is 0.389. The summed E-state index contributed by atoms with van der Waals surface area (Å²) >= 11 is 0. The summed E-state index contributed by atoms with van der Waals surface area (Å²) in [5.74, 6) is -0.668. The van der Waals surface area contributed by atoms with E-state index in [9.17, 15) is 22.8 Å². The highest BCUT2D eigenvalue weighted by molar-refractivity contribution is 5.66. The molecule has 1 aliphatic carbocycles. The Hall–Kier alpha value is -2.64. The van der Waals surface area contributed by atoms with Crippen LogP contribution in [0.1, 0.15) is 34.6 Å². The molecule has 138 valence electrons. The normalized spacial score (nSPS) is 13.7. The number of alkyl halides is 3. The van der Waals surface area contributed by atoms with Gasteiger partial charge in [0, 0.05) is 17.7 Å². The highest BCUT2D eigenvalue weighted by atomic mass is 19.4. The standard InChI is InChI=1S/C18H17F3N2O3/c19-18(20,21)12-7-4-11(5-8-12)6-9-15-22-17(26)13-2-1-3-14(13)23(15)10-16(24)25/h4-5,7-8H,1-3,6,9-10H2,(H,24,25). The van der Waals surface area contributed by atoms with Crippen molar-refractivity contribution in [1.29, 1.82) is 0 Å². The van der Waals surface area contributed by atoms with Crippen molar-refractivity contribution < 1.29 is 23.1 Å². The molecule has 0 saturated carbocycles. The van der Waals surface area contributed by atoms with Crippen LogP contribution in [-0.4, -0.2) is 20.6 Å². The first-order valence-corrected chi connectivity index (χ1v) is 8.25. The molecule has 8 heteroatoms. The SMILES string of the molecule is O=C(O)Cn1c(CCc2ccc(C(F)(F)F)cc2)nc(=O)c2c1CCC2. The number of fused-ring (bicyclic) bond motifs is 1. The molecular weight excluding hydrogens is 349 g/mol. The lowest BCUT2D eigenvalue weighted by Crippen LogP contribution is -2.26. The molecule has 0 aliphatic heterocycles. The largest absolute Gasteiger partial charge is 0.480 e. The minimum atomic E-state index is -4.39. The monoisotopic (exact) mass is 366 g/mol. The Morgan fingerprint density at radius 1 is 1.15 bits per heavy atom. The van der Waals surface area contributed by atoms with E-state index < -0.39 is 17.7 Å². The van der Waals surface area contributed by atoms with Gasteiger partial charge < -0.3 is 9.67 Å². The lowest BCUT2D eigenvalue weighted by Gasteiger charge is -2.16. The first-order chi connectivity index (χ1) is 12.3. The van der Waals surface area contributed by atoms with Crippen molar-refractivity contribution in [3.8, 4) is 0 Å². The topological polar surface area (TPSA) is 72.2 Å². The van der Waals surface area contributed by atoms with E-state index in [2.05, 4.69) is 4.98 Å². The molecule has 0 fully saturated rings. The van der Waals surface area contributed by atoms with Gasteiger partial charge in [0.05, 0.1) is 5.56 Å². The molecule has 26 heavy (non-hydrogen) atoms. The third-order valence-corrected chi connectivity index (χ3v) is 4.53. The summed E-state index contributed by atoms with van der Waals surface area (Å²) in [6, 6.07) is 4.79. The summed E-state index contributed by atoms with van der Waals surface area (Å²) in [7, 11) is 0. The van der Waals surface area contributed by atoms with Gasteiger partial charge in [-0.15, -0.1) is 0 Å². The highest BCUT2D eigenvalue weighted by Crippen LogP contribution is 2.29. The minimum Gasteiger partial charge on any atom is -0.480 e. The number of carboxylic acid groups (broad SMARTS) is 1. The second kappa shape index (κ2) is 6.93. The second-order valence-corrected chi connectivity index (χ2v) is 6.29. The summed E-state index contributed by atoms with van der Waals surface area (Å²) < 4.78 is 39.4. The van der Waals surface area contributed by atoms with Crippen molar-refractivity contribution in [3.05, 3.63) is 62.8 Å². The van der Waals surface area contributed by atoms with Gasteiger partial charge in [0.15, 0.2) is 0 Å². The lowest BCUT2D eigenvalue weighted by molar-refractivity contribution is -0.138. The third-order valence-electron chi connectivity index (χ3n) is 4.53. The summed E-state index contributed by atoms with van der Waals surface area (Å²) in [5, 5.41) is 9.15. The fourth-order valence-corrected chi connectivity index (χ4v) is 3.29. The average Bonchev–Trinajstić information content (AvgIpc) is 3.05. The summed E-state index contributed by atoms with van der Waals surface area (Å²) in [6.07, 6.45) is -1.73. The van der Waals surface area contributed by atoms with Crippen LogP contribution in [-0.2, 0) is 43.2 Å². The van der Waals surface area contributed by atoms with Gasteiger partial charge in [-0.2, -0.15) is 18.2 Å². The van der Waals surface area contributed by atoms with Crippen molar-refractivity contribution in [2.75, 3.05) is 0 Å². The number of halogens is 3. The smallest absolute Gasteiger partial charge is 0.416 e. The molecule has 0 unspecified atom stereocenters. The van der Waals surface area contributed by atoms with Crippen LogP contribution >= 0.6 is 0 Å². The molecule has 1 N–H and O–H groups in total. The van der Waals surface area contributed by atoms with E-state index >= 15 is 0 Å². The van der Waals surface area contributed by atoms with Gasteiger partial charge in [-0.3, -0.25) is 9.59 Å². The van der Waals surface area contributed by atoms with Gasteiger partial charge in [0.25, 0.3) is 5.56 Å². The second-order valence-electron chi connectivity index (χ2n) is 6.29. The van der Waals surface area contributed by atoms with E-state index in [1.54, 1.807) is 4.57 Å². The molecule has 0 atom stereocenters. The van der Waals surface area contributed by atoms with Crippen LogP contribution < -0.4 is 5.56 Å². The Morgan fingerprint density at radius 3 is 2.46 bits per heavy atom. The van der Waals surface area contributed by atoms with Gasteiger partial charge in [-0.05, 0) is 43.4 Å². The Balaban J connectivity index is 1.84. The summed E-state index contributed by atoms with van der Waals surface area (Å²) in [4.78, 5) is 27.4. The van der Waals surface area contributed by atoms with Gasteiger partial charge in [-0.1, -0.05) is 12.1 Å². The average molecular weight is 366 g/mol. The van der Waals surface area contributed by atoms with E-state index in [-0.39, 0.29) is 18.5 Å². The van der Waals surface area contributed by atoms with E-state index in [1.165, 1.54) is 12.1 Å². The molecule has 1 heterocycles. The molecule has 0 bridgehead atoms. The van der Waals surface area contributed by atoms with Crippen molar-refractivity contribution in [3.63, 3.8) is 0 Å². The van der Waals surface area contributed by atoms with Crippen LogP contribution in [0.4, 0.5) is 13.2 Å². The predicted octanol–water partition coefficient (Wildman–Crippen LogP) is 2.62. The first-order valence-electron chi connectivity index (χ1n) is 8.25. The quantitative estimate of drug-likeness (QED) is 0.883. The molecule has 0 saturated heterocycles. The Kier molecular flexibility index (Phi) is 4.84. The zero-order valence-corrected chi connectivity index (χ0v) is 13.8. The highest BCUT2D eigenvalue weighted by Gasteiger charge is 2.30. The number of rotatable bonds is 5. The van der Waals surface area contributed by atoms with E-state index in [0.717, 1.165) is 24.2 Å². The van der Waals surface area contributed by atoms with E-state index in [1.807, 2.05) is 0 Å². The maximum atomic E-state index is 12.6. The molecule has 1 aromatic carbocycles. The van der Waals surface area contributed by atoms with Crippen molar-refractivity contribution >= 4 is 5.97 Å². The predicted molar refractivity (Wildman–Crippen MR) is 87.0 cm³/mol. The van der Waals surface area contributed by atoms with Gasteiger partial charge in [-0.25, -0.2) is 0 Å². The number of carboxylic acids is 1. The zero-order valence-electron chi connectivity index (χ0n) is 13.8. The number of aromatic nitrogens is 2. The molecule has 0 amide bonds. The lowest BCUT2D eigenvalue weighted by atomic mass is 10.1. The van der Waals surface area contributed by atoms with Crippen LogP contribution in [0.15, 0.2) is 29.1 Å². The summed E-state index contributed by atoms with van der Waals surface area (Å²) in [5.41, 5.74) is 0.898. The van der Waals surface area contributed by atoms with E-state index in [0.29, 0.717) is 36.2 Å². The minimum absolute atomic E-state index is 0.279. The number of benzene rings is 1. The molecule has 1 aromatic heterocycles. The number of hydrogen-bond donors (Lipinski definition) is 1. The Bertz CT molecular complexity index is 886. The van der Waals surface area contributed by atoms with Gasteiger partial charge >= 0.3 is 12.1 Å². The maximum Gasteiger partial charge on any atom is 0.416 e. The van der Waals surface area contributed by atoms with Crippen LogP contribution in [0, 0.1) is 0 Å². The summed E-state index contributed by atoms with van der Waals surface area (Å²) in [6.45, 7) is -0.280. The Morgan fingerprint density at radius 2 is 1.85 bits per heavy atom. The van der Waals surface area contributed by atoms with Crippen molar-refractivity contribution in [2.45, 2.75) is 44.8 Å². The Labute approximate surface area is 147 Å². The fourth-order valence-electron chi connectivity index (χ4n) is 3.29. The van der Waals surface area contributed by atoms with E-state index in [4.69, 9.17) is 5.11 Å². The van der Waals surface area contributed by atoms with Gasteiger partial charge in [0.1, 0.15) is 12.4 Å². The van der Waals surface area contributed by atoms with Crippen LogP contribution in [0.5, 0.6) is 0 Å². The molecule has 0 spiro atoms. The van der Waals surface area contributed by atoms with Crippen LogP contribution in [0.25, 0.3) is 0 Å². The number of carbonyl (C=O) groups is 1. The molecule has 2 aromatic rings. The van der Waals surface area contributed by atoms with Crippen molar-refractivity contribution in [1.82, 2.24) is 9.55 Å². The number of nitrogens with zero attached hydrogens (tertiary/aromatic N) is 2. The number of aliphatic carboxylic acids is 1. The first kappa shape index (κ1) is 18.2. The zero-order chi connectivity index (χ0) is 18.9. The number of aryl methyl sites for hydroxylation is 2. The molecule has 0 radical (unpaired) electrons. The number of hydrogen-bond acceptors (Lipinski definition) is 3.